The van der Waals surface area contributed by atoms with Gasteiger partial charge in [-0.1, -0.05) is 140 Å². The maximum absolute atomic E-state index is 2.28. The van der Waals surface area contributed by atoms with E-state index in [1.165, 1.54) is 32.7 Å². The second kappa shape index (κ2) is 13.6. The molecule has 4 rings (SSSR count). The lowest BCUT2D eigenvalue weighted by molar-refractivity contribution is 0.869. The van der Waals surface area contributed by atoms with Crippen molar-refractivity contribution in [3.05, 3.63) is 96.1 Å². The van der Waals surface area contributed by atoms with E-state index in [0.29, 0.717) is 11.8 Å². The van der Waals surface area contributed by atoms with Gasteiger partial charge in [-0.05, 0) is 44.5 Å². The van der Waals surface area contributed by atoms with E-state index in [1.807, 2.05) is 27.7 Å². The molecule has 4 aromatic carbocycles. The molecular weight excluding hydrogens is 360 g/mol. The minimum Gasteiger partial charge on any atom is -0.0683 e. The van der Waals surface area contributed by atoms with E-state index < -0.39 is 0 Å². The molecule has 0 N–H and O–H groups in total. The molecule has 0 heterocycles. The quantitative estimate of drug-likeness (QED) is 0.314. The van der Waals surface area contributed by atoms with Gasteiger partial charge in [-0.3, -0.25) is 0 Å². The van der Waals surface area contributed by atoms with Crippen LogP contribution in [-0.2, 0) is 0 Å². The van der Waals surface area contributed by atoms with Crippen molar-refractivity contribution in [2.75, 3.05) is 0 Å². The Balaban J connectivity index is 0.000000258. The first-order valence-electron chi connectivity index (χ1n) is 11.5. The molecule has 0 radical (unpaired) electrons. The van der Waals surface area contributed by atoms with Crippen LogP contribution in [0.2, 0.25) is 0 Å². The Morgan fingerprint density at radius 3 is 1.00 bits per heavy atom. The molecule has 0 nitrogen and oxygen atoms in total. The summed E-state index contributed by atoms with van der Waals surface area (Å²) in [4.78, 5) is 0. The summed E-state index contributed by atoms with van der Waals surface area (Å²) in [6.45, 7) is 16.9. The van der Waals surface area contributed by atoms with Crippen LogP contribution in [0.15, 0.2) is 84.9 Å². The van der Waals surface area contributed by atoms with Gasteiger partial charge in [0.2, 0.25) is 0 Å². The smallest absolute Gasteiger partial charge is 0.0181 e. The molecule has 0 aliphatic rings. The zero-order valence-corrected chi connectivity index (χ0v) is 20.2. The van der Waals surface area contributed by atoms with E-state index in [9.17, 15) is 0 Å². The molecule has 0 heteroatoms. The molecule has 30 heavy (non-hydrogen) atoms. The number of rotatable bonds is 2. The van der Waals surface area contributed by atoms with E-state index in [1.54, 1.807) is 0 Å². The summed E-state index contributed by atoms with van der Waals surface area (Å²) >= 11 is 0. The van der Waals surface area contributed by atoms with Crippen LogP contribution in [0.1, 0.15) is 78.4 Å². The van der Waals surface area contributed by atoms with Crippen LogP contribution in [0.4, 0.5) is 0 Å². The second-order valence-electron chi connectivity index (χ2n) is 7.52. The van der Waals surface area contributed by atoms with Crippen molar-refractivity contribution in [3.8, 4) is 0 Å². The summed E-state index contributed by atoms with van der Waals surface area (Å²) in [6.07, 6.45) is 0. The number of hydrogen-bond acceptors (Lipinski definition) is 0. The van der Waals surface area contributed by atoms with Crippen molar-refractivity contribution < 1.29 is 0 Å². The molecule has 0 saturated heterocycles. The first-order chi connectivity index (χ1) is 14.5. The first-order valence-corrected chi connectivity index (χ1v) is 11.5. The van der Waals surface area contributed by atoms with Crippen LogP contribution in [-0.4, -0.2) is 0 Å². The van der Waals surface area contributed by atoms with Crippen LogP contribution in [0.25, 0.3) is 21.5 Å². The highest BCUT2D eigenvalue weighted by molar-refractivity contribution is 5.83. The third-order valence-electron chi connectivity index (χ3n) is 4.88. The SMILES string of the molecule is CC.CC.CC(C)c1ccc2ccccc2c1.CC(C)c1ccc2ccccc2c1. The maximum Gasteiger partial charge on any atom is -0.0181 e. The van der Waals surface area contributed by atoms with Crippen molar-refractivity contribution in [2.24, 2.45) is 0 Å². The maximum atomic E-state index is 2.28. The lowest BCUT2D eigenvalue weighted by Crippen LogP contribution is -1.85. The Kier molecular flexibility index (Phi) is 11.5. The van der Waals surface area contributed by atoms with Crippen molar-refractivity contribution in [3.63, 3.8) is 0 Å². The van der Waals surface area contributed by atoms with Gasteiger partial charge in [0.25, 0.3) is 0 Å². The standard InChI is InChI=1S/2C13H14.2C2H6/c2*1-10(2)12-8-7-11-5-3-4-6-13(11)9-12;2*1-2/h2*3-10H,1-2H3;2*1-2H3. The summed E-state index contributed by atoms with van der Waals surface area (Å²) in [5.74, 6) is 1.23. The average molecular weight is 401 g/mol. The third kappa shape index (κ3) is 7.34. The summed E-state index contributed by atoms with van der Waals surface area (Å²) in [7, 11) is 0. The monoisotopic (exact) mass is 400 g/mol. The Morgan fingerprint density at radius 2 is 0.700 bits per heavy atom. The molecule has 0 atom stereocenters. The molecule has 0 amide bonds. The summed E-state index contributed by atoms with van der Waals surface area (Å²) in [5, 5.41) is 5.33. The van der Waals surface area contributed by atoms with Crippen LogP contribution in [0.5, 0.6) is 0 Å². The Bertz CT molecular complexity index is 909. The highest BCUT2D eigenvalue weighted by Crippen LogP contribution is 2.21. The summed E-state index contributed by atoms with van der Waals surface area (Å²) in [5.41, 5.74) is 2.83. The highest BCUT2D eigenvalue weighted by atomic mass is 14.0. The van der Waals surface area contributed by atoms with E-state index in [4.69, 9.17) is 0 Å². The fourth-order valence-corrected chi connectivity index (χ4v) is 3.13. The molecular formula is C30H40. The summed E-state index contributed by atoms with van der Waals surface area (Å²) in [6, 6.07) is 30.4. The van der Waals surface area contributed by atoms with Gasteiger partial charge in [-0.2, -0.15) is 0 Å². The van der Waals surface area contributed by atoms with E-state index in [-0.39, 0.29) is 0 Å². The van der Waals surface area contributed by atoms with Gasteiger partial charge in [0.15, 0.2) is 0 Å². The Morgan fingerprint density at radius 1 is 0.400 bits per heavy atom. The Labute approximate surface area is 185 Å². The third-order valence-corrected chi connectivity index (χ3v) is 4.88. The molecule has 160 valence electrons. The second-order valence-corrected chi connectivity index (χ2v) is 7.52. The average Bonchev–Trinajstić information content (AvgIpc) is 2.81. The largest absolute Gasteiger partial charge is 0.0683 e. The predicted molar refractivity (Wildman–Crippen MR) is 139 cm³/mol. The predicted octanol–water partition coefficient (Wildman–Crippen LogP) is 9.98. The first kappa shape index (κ1) is 25.4. The molecule has 0 bridgehead atoms. The number of fused-ring (bicyclic) bond motifs is 2. The van der Waals surface area contributed by atoms with Gasteiger partial charge in [0, 0.05) is 0 Å². The minimum atomic E-state index is 0.615. The molecule has 0 aromatic heterocycles. The molecule has 0 fully saturated rings. The number of benzene rings is 4. The molecule has 0 unspecified atom stereocenters. The van der Waals surface area contributed by atoms with Crippen molar-refractivity contribution in [2.45, 2.75) is 67.2 Å². The van der Waals surface area contributed by atoms with Crippen molar-refractivity contribution in [1.82, 2.24) is 0 Å². The topological polar surface area (TPSA) is 0 Å². The van der Waals surface area contributed by atoms with Gasteiger partial charge in [-0.15, -0.1) is 0 Å². The zero-order chi connectivity index (χ0) is 22.5. The lowest BCUT2D eigenvalue weighted by atomic mass is 9.99. The van der Waals surface area contributed by atoms with Gasteiger partial charge in [0.1, 0.15) is 0 Å². The molecule has 0 saturated carbocycles. The Hall–Kier alpha value is -2.60. The van der Waals surface area contributed by atoms with Gasteiger partial charge in [0.05, 0.1) is 0 Å². The molecule has 0 spiro atoms. The van der Waals surface area contributed by atoms with E-state index in [0.717, 1.165) is 0 Å². The summed E-state index contributed by atoms with van der Waals surface area (Å²) < 4.78 is 0. The molecule has 0 aliphatic carbocycles. The fraction of sp³-hybridized carbons (Fsp3) is 0.333. The normalized spacial score (nSPS) is 9.93. The van der Waals surface area contributed by atoms with Crippen LogP contribution in [0.3, 0.4) is 0 Å². The lowest BCUT2D eigenvalue weighted by Gasteiger charge is -2.06. The minimum absolute atomic E-state index is 0.615. The van der Waals surface area contributed by atoms with Gasteiger partial charge in [-0.25, -0.2) is 0 Å². The van der Waals surface area contributed by atoms with Crippen LogP contribution < -0.4 is 0 Å². The number of hydrogen-bond donors (Lipinski definition) is 0. The van der Waals surface area contributed by atoms with Crippen molar-refractivity contribution >= 4 is 21.5 Å². The van der Waals surface area contributed by atoms with Crippen molar-refractivity contribution in [1.29, 1.82) is 0 Å². The highest BCUT2D eigenvalue weighted by Gasteiger charge is 2.00. The fourth-order valence-electron chi connectivity index (χ4n) is 3.13. The van der Waals surface area contributed by atoms with E-state index >= 15 is 0 Å². The molecule has 0 aliphatic heterocycles. The molecule has 4 aromatic rings. The zero-order valence-electron chi connectivity index (χ0n) is 20.2. The van der Waals surface area contributed by atoms with E-state index in [2.05, 4.69) is 113 Å². The van der Waals surface area contributed by atoms with Crippen LogP contribution in [0, 0.1) is 0 Å². The van der Waals surface area contributed by atoms with Gasteiger partial charge >= 0.3 is 0 Å². The van der Waals surface area contributed by atoms with Gasteiger partial charge < -0.3 is 0 Å². The van der Waals surface area contributed by atoms with Crippen LogP contribution >= 0.6 is 0 Å².